The summed E-state index contributed by atoms with van der Waals surface area (Å²) in [6.45, 7) is 1.77. The maximum Gasteiger partial charge on any atom is 0.410 e. The van der Waals surface area contributed by atoms with Crippen LogP contribution < -0.4 is 0 Å². The van der Waals surface area contributed by atoms with Gasteiger partial charge in [0, 0.05) is 13.1 Å². The number of hydrogen-bond donors (Lipinski definition) is 0. The molecule has 1 heterocycles. The number of benzene rings is 1. The molecule has 1 fully saturated rings. The van der Waals surface area contributed by atoms with Gasteiger partial charge in [0.2, 0.25) is 0 Å². The Hall–Kier alpha value is -2.04. The summed E-state index contributed by atoms with van der Waals surface area (Å²) in [5.74, 6) is -0.374. The molecule has 19 heavy (non-hydrogen) atoms. The third-order valence-corrected chi connectivity index (χ3v) is 3.10. The molecule has 1 aliphatic heterocycles. The average molecular weight is 263 g/mol. The van der Waals surface area contributed by atoms with Crippen LogP contribution in [0.15, 0.2) is 24.3 Å². The standard InChI is InChI=1S/C14H17NO4/c1-18-13(16)12-6-4-11(5-7-12)10-19-14(17)15-8-2-3-9-15/h4-7H,2-3,8-10H2,1H3. The fourth-order valence-electron chi connectivity index (χ4n) is 1.99. The topological polar surface area (TPSA) is 55.8 Å². The van der Waals surface area contributed by atoms with E-state index in [1.54, 1.807) is 29.2 Å². The van der Waals surface area contributed by atoms with Gasteiger partial charge in [0.15, 0.2) is 0 Å². The molecule has 1 aromatic carbocycles. The molecular formula is C14H17NO4. The second-order valence-electron chi connectivity index (χ2n) is 4.44. The van der Waals surface area contributed by atoms with Gasteiger partial charge in [0.25, 0.3) is 0 Å². The lowest BCUT2D eigenvalue weighted by Gasteiger charge is -2.15. The lowest BCUT2D eigenvalue weighted by Crippen LogP contribution is -2.28. The number of esters is 1. The van der Waals surface area contributed by atoms with Gasteiger partial charge in [-0.3, -0.25) is 0 Å². The van der Waals surface area contributed by atoms with E-state index in [4.69, 9.17) is 4.74 Å². The zero-order valence-electron chi connectivity index (χ0n) is 10.9. The summed E-state index contributed by atoms with van der Waals surface area (Å²) in [7, 11) is 1.34. The van der Waals surface area contributed by atoms with Crippen molar-refractivity contribution in [3.8, 4) is 0 Å². The van der Waals surface area contributed by atoms with Crippen molar-refractivity contribution in [2.75, 3.05) is 20.2 Å². The monoisotopic (exact) mass is 263 g/mol. The molecule has 0 unspecified atom stereocenters. The predicted octanol–water partition coefficient (Wildman–Crippen LogP) is 2.21. The quantitative estimate of drug-likeness (QED) is 0.784. The van der Waals surface area contributed by atoms with Gasteiger partial charge in [-0.2, -0.15) is 0 Å². The lowest BCUT2D eigenvalue weighted by atomic mass is 10.1. The Balaban J connectivity index is 1.85. The van der Waals surface area contributed by atoms with Crippen molar-refractivity contribution in [2.45, 2.75) is 19.4 Å². The molecule has 0 aromatic heterocycles. The molecule has 0 N–H and O–H groups in total. The van der Waals surface area contributed by atoms with Gasteiger partial charge in [-0.1, -0.05) is 12.1 Å². The first-order valence-electron chi connectivity index (χ1n) is 6.29. The summed E-state index contributed by atoms with van der Waals surface area (Å²) in [6.07, 6.45) is 1.82. The highest BCUT2D eigenvalue weighted by molar-refractivity contribution is 5.89. The Bertz CT molecular complexity index is 449. The van der Waals surface area contributed by atoms with Gasteiger partial charge in [0.05, 0.1) is 12.7 Å². The van der Waals surface area contributed by atoms with Gasteiger partial charge in [0.1, 0.15) is 6.61 Å². The van der Waals surface area contributed by atoms with Crippen LogP contribution in [0, 0.1) is 0 Å². The van der Waals surface area contributed by atoms with Crippen molar-refractivity contribution in [2.24, 2.45) is 0 Å². The van der Waals surface area contributed by atoms with Crippen molar-refractivity contribution >= 4 is 12.1 Å². The van der Waals surface area contributed by atoms with Crippen LogP contribution in [-0.4, -0.2) is 37.2 Å². The Kier molecular flexibility index (Phi) is 4.39. The molecule has 1 aromatic rings. The third-order valence-electron chi connectivity index (χ3n) is 3.10. The molecular weight excluding hydrogens is 246 g/mol. The van der Waals surface area contributed by atoms with Gasteiger partial charge < -0.3 is 14.4 Å². The van der Waals surface area contributed by atoms with Gasteiger partial charge >= 0.3 is 12.1 Å². The minimum atomic E-state index is -0.374. The maximum atomic E-state index is 11.7. The molecule has 0 bridgehead atoms. The Morgan fingerprint density at radius 1 is 1.16 bits per heavy atom. The Morgan fingerprint density at radius 3 is 2.37 bits per heavy atom. The van der Waals surface area contributed by atoms with Gasteiger partial charge in [-0.25, -0.2) is 9.59 Å². The first kappa shape index (κ1) is 13.4. The molecule has 2 rings (SSSR count). The van der Waals surface area contributed by atoms with E-state index in [0.29, 0.717) is 5.56 Å². The smallest absolute Gasteiger partial charge is 0.410 e. The number of methoxy groups -OCH3 is 1. The molecule has 1 aliphatic rings. The summed E-state index contributed by atoms with van der Waals surface area (Å²) < 4.78 is 9.82. The summed E-state index contributed by atoms with van der Waals surface area (Å²) in [4.78, 5) is 24.6. The van der Waals surface area contributed by atoms with Crippen molar-refractivity contribution < 1.29 is 19.1 Å². The van der Waals surface area contributed by atoms with E-state index in [-0.39, 0.29) is 18.7 Å². The number of amides is 1. The normalized spacial score (nSPS) is 14.3. The van der Waals surface area contributed by atoms with Crippen LogP contribution in [0.25, 0.3) is 0 Å². The zero-order valence-corrected chi connectivity index (χ0v) is 10.9. The number of rotatable bonds is 3. The summed E-state index contributed by atoms with van der Waals surface area (Å²) in [6, 6.07) is 6.82. The molecule has 5 heteroatoms. The molecule has 102 valence electrons. The first-order chi connectivity index (χ1) is 9.20. The molecule has 0 atom stereocenters. The van der Waals surface area contributed by atoms with E-state index in [0.717, 1.165) is 31.5 Å². The van der Waals surface area contributed by atoms with Crippen LogP contribution in [0.4, 0.5) is 4.79 Å². The van der Waals surface area contributed by atoms with E-state index in [1.807, 2.05) is 0 Å². The van der Waals surface area contributed by atoms with Crippen molar-refractivity contribution in [1.29, 1.82) is 0 Å². The Morgan fingerprint density at radius 2 is 1.79 bits per heavy atom. The number of nitrogens with zero attached hydrogens (tertiary/aromatic N) is 1. The van der Waals surface area contributed by atoms with Crippen molar-refractivity contribution in [3.05, 3.63) is 35.4 Å². The van der Waals surface area contributed by atoms with Crippen LogP contribution in [-0.2, 0) is 16.1 Å². The number of carbonyl (C=O) groups excluding carboxylic acids is 2. The van der Waals surface area contributed by atoms with E-state index in [1.165, 1.54) is 7.11 Å². The SMILES string of the molecule is COC(=O)c1ccc(COC(=O)N2CCCC2)cc1. The number of carbonyl (C=O) groups is 2. The third kappa shape index (κ3) is 3.47. The van der Waals surface area contributed by atoms with Gasteiger partial charge in [-0.05, 0) is 30.5 Å². The molecule has 0 aliphatic carbocycles. The van der Waals surface area contributed by atoms with E-state index >= 15 is 0 Å². The maximum absolute atomic E-state index is 11.7. The van der Waals surface area contributed by atoms with E-state index in [9.17, 15) is 9.59 Å². The number of ether oxygens (including phenoxy) is 2. The summed E-state index contributed by atoms with van der Waals surface area (Å²) in [5, 5.41) is 0. The first-order valence-corrected chi connectivity index (χ1v) is 6.29. The fraction of sp³-hybridized carbons (Fsp3) is 0.429. The largest absolute Gasteiger partial charge is 0.465 e. The minimum Gasteiger partial charge on any atom is -0.465 e. The van der Waals surface area contributed by atoms with Crippen LogP contribution in [0.3, 0.4) is 0 Å². The van der Waals surface area contributed by atoms with Gasteiger partial charge in [-0.15, -0.1) is 0 Å². The minimum absolute atomic E-state index is 0.219. The van der Waals surface area contributed by atoms with Crippen LogP contribution in [0.1, 0.15) is 28.8 Å². The number of likely N-dealkylation sites (tertiary alicyclic amines) is 1. The number of hydrogen-bond acceptors (Lipinski definition) is 4. The van der Waals surface area contributed by atoms with Crippen molar-refractivity contribution in [3.63, 3.8) is 0 Å². The fourth-order valence-corrected chi connectivity index (χ4v) is 1.99. The molecule has 0 saturated carbocycles. The van der Waals surface area contributed by atoms with E-state index in [2.05, 4.69) is 4.74 Å². The average Bonchev–Trinajstić information content (AvgIpc) is 2.98. The van der Waals surface area contributed by atoms with Crippen molar-refractivity contribution in [1.82, 2.24) is 4.90 Å². The predicted molar refractivity (Wildman–Crippen MR) is 68.8 cm³/mol. The molecule has 5 nitrogen and oxygen atoms in total. The van der Waals surface area contributed by atoms with Crippen LogP contribution >= 0.6 is 0 Å². The van der Waals surface area contributed by atoms with E-state index < -0.39 is 0 Å². The van der Waals surface area contributed by atoms with Crippen LogP contribution in [0.2, 0.25) is 0 Å². The summed E-state index contributed by atoms with van der Waals surface area (Å²) in [5.41, 5.74) is 1.33. The lowest BCUT2D eigenvalue weighted by molar-refractivity contribution is 0.0600. The van der Waals surface area contributed by atoms with Crippen LogP contribution in [0.5, 0.6) is 0 Å². The molecule has 1 saturated heterocycles. The molecule has 0 radical (unpaired) electrons. The summed E-state index contributed by atoms with van der Waals surface area (Å²) >= 11 is 0. The highest BCUT2D eigenvalue weighted by Gasteiger charge is 2.18. The second-order valence-corrected chi connectivity index (χ2v) is 4.44. The molecule has 0 spiro atoms. The zero-order chi connectivity index (χ0) is 13.7. The highest BCUT2D eigenvalue weighted by atomic mass is 16.6. The second kappa shape index (κ2) is 6.22. The highest BCUT2D eigenvalue weighted by Crippen LogP contribution is 2.11. The molecule has 1 amide bonds. The Labute approximate surface area is 112 Å².